The van der Waals surface area contributed by atoms with Crippen molar-refractivity contribution in [2.45, 2.75) is 6.54 Å². The van der Waals surface area contributed by atoms with Gasteiger partial charge in [0.05, 0.1) is 0 Å². The minimum Gasteiger partial charge on any atom is -0.399 e. The molecule has 1 aromatic rings. The average Bonchev–Trinajstić information content (AvgIpc) is 2.11. The van der Waals surface area contributed by atoms with Crippen molar-refractivity contribution in [2.24, 2.45) is 0 Å². The van der Waals surface area contributed by atoms with E-state index in [4.69, 9.17) is 11.5 Å². The minimum atomic E-state index is 0.725. The Morgan fingerprint density at radius 2 is 2.15 bits per heavy atom. The topological polar surface area (TPSA) is 64.1 Å². The highest BCUT2D eigenvalue weighted by Gasteiger charge is 1.97. The Morgan fingerprint density at radius 3 is 2.85 bits per heavy atom. The fourth-order valence-corrected chi connectivity index (χ4v) is 1.09. The van der Waals surface area contributed by atoms with Crippen molar-refractivity contribution in [3.63, 3.8) is 0 Å². The van der Waals surface area contributed by atoms with Crippen LogP contribution in [0, 0.1) is 0 Å². The third kappa shape index (κ3) is 2.80. The van der Waals surface area contributed by atoms with Gasteiger partial charge in [-0.1, -0.05) is 6.08 Å². The van der Waals surface area contributed by atoms with Gasteiger partial charge in [0.2, 0.25) is 0 Å². The van der Waals surface area contributed by atoms with Gasteiger partial charge in [0, 0.05) is 24.5 Å². The highest BCUT2D eigenvalue weighted by molar-refractivity contribution is 5.55. The predicted octanol–water partition coefficient (Wildman–Crippen LogP) is 1.13. The number of rotatable bonds is 4. The van der Waals surface area contributed by atoms with Gasteiger partial charge in [-0.15, -0.1) is 6.58 Å². The van der Waals surface area contributed by atoms with Gasteiger partial charge < -0.3 is 16.8 Å². The summed E-state index contributed by atoms with van der Waals surface area (Å²) in [5, 5.41) is 3.17. The normalized spacial score (nSPS) is 9.85. The van der Waals surface area contributed by atoms with E-state index in [1.807, 2.05) is 18.2 Å². The summed E-state index contributed by atoms with van der Waals surface area (Å²) in [4.78, 5) is 0. The fourth-order valence-electron chi connectivity index (χ4n) is 1.09. The Labute approximate surface area is 78.4 Å². The van der Waals surface area contributed by atoms with Crippen LogP contribution in [0.25, 0.3) is 0 Å². The molecule has 0 unspecified atom stereocenters. The van der Waals surface area contributed by atoms with Gasteiger partial charge in [0.15, 0.2) is 0 Å². The molecular weight excluding hydrogens is 162 g/mol. The van der Waals surface area contributed by atoms with E-state index < -0.39 is 0 Å². The third-order valence-corrected chi connectivity index (χ3v) is 1.77. The molecule has 1 aromatic carbocycles. The second-order valence-corrected chi connectivity index (χ2v) is 2.88. The maximum atomic E-state index is 5.75. The first-order chi connectivity index (χ1) is 6.24. The van der Waals surface area contributed by atoms with Crippen molar-refractivity contribution < 1.29 is 0 Å². The lowest BCUT2D eigenvalue weighted by molar-refractivity contribution is 0.762. The Bertz CT molecular complexity index is 294. The van der Waals surface area contributed by atoms with Gasteiger partial charge in [0.1, 0.15) is 0 Å². The van der Waals surface area contributed by atoms with Crippen molar-refractivity contribution in [1.29, 1.82) is 0 Å². The lowest BCUT2D eigenvalue weighted by atomic mass is 10.1. The van der Waals surface area contributed by atoms with E-state index in [9.17, 15) is 0 Å². The SMILES string of the molecule is C=CCNCc1cc(N)ccc1N. The molecule has 70 valence electrons. The Kier molecular flexibility index (Phi) is 3.34. The first-order valence-electron chi connectivity index (χ1n) is 4.19. The largest absolute Gasteiger partial charge is 0.399 e. The maximum Gasteiger partial charge on any atom is 0.0361 e. The van der Waals surface area contributed by atoms with Crippen LogP contribution in [0.15, 0.2) is 30.9 Å². The van der Waals surface area contributed by atoms with Gasteiger partial charge >= 0.3 is 0 Å². The van der Waals surface area contributed by atoms with E-state index in [2.05, 4.69) is 11.9 Å². The molecule has 13 heavy (non-hydrogen) atoms. The van der Waals surface area contributed by atoms with Crippen molar-refractivity contribution in [1.82, 2.24) is 5.32 Å². The summed E-state index contributed by atoms with van der Waals surface area (Å²) in [6.45, 7) is 5.11. The monoisotopic (exact) mass is 177 g/mol. The quantitative estimate of drug-likeness (QED) is 0.367. The molecule has 3 nitrogen and oxygen atoms in total. The molecule has 0 heterocycles. The molecule has 0 bridgehead atoms. The lowest BCUT2D eigenvalue weighted by Gasteiger charge is -2.06. The Morgan fingerprint density at radius 1 is 1.38 bits per heavy atom. The number of benzene rings is 1. The third-order valence-electron chi connectivity index (χ3n) is 1.77. The molecule has 0 aliphatic heterocycles. The van der Waals surface area contributed by atoms with Crippen LogP contribution < -0.4 is 16.8 Å². The van der Waals surface area contributed by atoms with Crippen molar-refractivity contribution in [2.75, 3.05) is 18.0 Å². The van der Waals surface area contributed by atoms with Crippen molar-refractivity contribution in [3.05, 3.63) is 36.4 Å². The van der Waals surface area contributed by atoms with Crippen LogP contribution >= 0.6 is 0 Å². The molecule has 0 saturated carbocycles. The van der Waals surface area contributed by atoms with Crippen molar-refractivity contribution in [3.8, 4) is 0 Å². The van der Waals surface area contributed by atoms with E-state index in [0.29, 0.717) is 0 Å². The smallest absolute Gasteiger partial charge is 0.0361 e. The molecule has 1 rings (SSSR count). The zero-order chi connectivity index (χ0) is 9.68. The van der Waals surface area contributed by atoms with E-state index in [0.717, 1.165) is 30.0 Å². The maximum absolute atomic E-state index is 5.75. The molecule has 0 saturated heterocycles. The minimum absolute atomic E-state index is 0.725. The first-order valence-corrected chi connectivity index (χ1v) is 4.19. The van der Waals surface area contributed by atoms with Gasteiger partial charge in [-0.05, 0) is 23.8 Å². The molecule has 0 spiro atoms. The van der Waals surface area contributed by atoms with Crippen LogP contribution in [0.2, 0.25) is 0 Å². The molecule has 0 amide bonds. The highest BCUT2D eigenvalue weighted by atomic mass is 14.8. The average molecular weight is 177 g/mol. The Hall–Kier alpha value is -1.48. The summed E-state index contributed by atoms with van der Waals surface area (Å²) in [5.41, 5.74) is 13.9. The molecular formula is C10H15N3. The number of nitrogens with one attached hydrogen (secondary N) is 1. The van der Waals surface area contributed by atoms with Crippen LogP contribution in [0.1, 0.15) is 5.56 Å². The highest BCUT2D eigenvalue weighted by Crippen LogP contribution is 2.14. The zero-order valence-corrected chi connectivity index (χ0v) is 7.59. The molecule has 3 heteroatoms. The summed E-state index contributed by atoms with van der Waals surface area (Å²) in [6.07, 6.45) is 1.81. The summed E-state index contributed by atoms with van der Waals surface area (Å²) < 4.78 is 0. The van der Waals surface area contributed by atoms with Gasteiger partial charge in [-0.3, -0.25) is 0 Å². The van der Waals surface area contributed by atoms with Crippen LogP contribution in [0.5, 0.6) is 0 Å². The molecule has 0 aliphatic rings. The van der Waals surface area contributed by atoms with Gasteiger partial charge in [-0.2, -0.15) is 0 Å². The van der Waals surface area contributed by atoms with E-state index >= 15 is 0 Å². The zero-order valence-electron chi connectivity index (χ0n) is 7.59. The Balaban J connectivity index is 2.64. The lowest BCUT2D eigenvalue weighted by Crippen LogP contribution is -2.14. The van der Waals surface area contributed by atoms with Crippen molar-refractivity contribution >= 4 is 11.4 Å². The summed E-state index contributed by atoms with van der Waals surface area (Å²) in [7, 11) is 0. The second kappa shape index (κ2) is 4.52. The first kappa shape index (κ1) is 9.61. The standard InChI is InChI=1S/C10H15N3/c1-2-5-13-7-8-6-9(11)3-4-10(8)12/h2-4,6,13H,1,5,7,11-12H2. The molecule has 0 atom stereocenters. The molecule has 0 aliphatic carbocycles. The number of anilines is 2. The predicted molar refractivity (Wildman–Crippen MR) is 57.2 cm³/mol. The van der Waals surface area contributed by atoms with Crippen LogP contribution in [0.3, 0.4) is 0 Å². The number of nitrogen functional groups attached to an aromatic ring is 2. The summed E-state index contributed by atoms with van der Waals surface area (Å²) in [6, 6.07) is 5.50. The van der Waals surface area contributed by atoms with Gasteiger partial charge in [-0.25, -0.2) is 0 Å². The number of hydrogen-bond donors (Lipinski definition) is 3. The number of hydrogen-bond acceptors (Lipinski definition) is 3. The van der Waals surface area contributed by atoms with Crippen LogP contribution in [-0.4, -0.2) is 6.54 Å². The fraction of sp³-hybridized carbons (Fsp3) is 0.200. The van der Waals surface area contributed by atoms with Gasteiger partial charge in [0.25, 0.3) is 0 Å². The van der Waals surface area contributed by atoms with Crippen LogP contribution in [-0.2, 0) is 6.54 Å². The van der Waals surface area contributed by atoms with E-state index in [1.165, 1.54) is 0 Å². The molecule has 0 fully saturated rings. The van der Waals surface area contributed by atoms with Crippen LogP contribution in [0.4, 0.5) is 11.4 Å². The molecule has 0 aromatic heterocycles. The van der Waals surface area contributed by atoms with E-state index in [1.54, 1.807) is 6.07 Å². The molecule has 5 N–H and O–H groups in total. The molecule has 0 radical (unpaired) electrons. The number of nitrogens with two attached hydrogens (primary N) is 2. The summed E-state index contributed by atoms with van der Waals surface area (Å²) >= 11 is 0. The van der Waals surface area contributed by atoms with E-state index in [-0.39, 0.29) is 0 Å². The summed E-state index contributed by atoms with van der Waals surface area (Å²) in [5.74, 6) is 0. The second-order valence-electron chi connectivity index (χ2n) is 2.88.